The van der Waals surface area contributed by atoms with Crippen molar-refractivity contribution in [1.29, 1.82) is 0 Å². The lowest BCUT2D eigenvalue weighted by atomic mass is 10.3. The summed E-state index contributed by atoms with van der Waals surface area (Å²) in [4.78, 5) is 14.3. The first-order valence-electron chi connectivity index (χ1n) is 5.80. The van der Waals surface area contributed by atoms with Crippen LogP contribution in [0.2, 0.25) is 5.28 Å². The van der Waals surface area contributed by atoms with Crippen molar-refractivity contribution in [2.45, 2.75) is 6.10 Å². The molecule has 0 aromatic carbocycles. The highest BCUT2D eigenvalue weighted by atomic mass is 35.5. The van der Waals surface area contributed by atoms with Crippen molar-refractivity contribution < 1.29 is 4.74 Å². The van der Waals surface area contributed by atoms with E-state index >= 15 is 0 Å². The highest BCUT2D eigenvalue weighted by molar-refractivity contribution is 6.28. The van der Waals surface area contributed by atoms with Gasteiger partial charge in [0, 0.05) is 26.7 Å². The Hall–Kier alpha value is -1.18. The van der Waals surface area contributed by atoms with E-state index in [2.05, 4.69) is 37.5 Å². The molecule has 0 aliphatic carbocycles. The number of halogens is 1. The van der Waals surface area contributed by atoms with Gasteiger partial charge >= 0.3 is 0 Å². The summed E-state index contributed by atoms with van der Waals surface area (Å²) in [6, 6.07) is 0. The normalized spacial score (nSPS) is 20.7. The molecule has 0 amide bonds. The zero-order chi connectivity index (χ0) is 13.0. The first kappa shape index (κ1) is 13.3. The topological polar surface area (TPSA) is 75.2 Å². The second kappa shape index (κ2) is 6.12. The molecule has 8 heteroatoms. The van der Waals surface area contributed by atoms with Crippen molar-refractivity contribution in [3.8, 4) is 0 Å². The third kappa shape index (κ3) is 3.66. The molecule has 0 saturated carbocycles. The molecule has 2 heterocycles. The lowest BCUT2D eigenvalue weighted by molar-refractivity contribution is -0.0117. The molecule has 0 radical (unpaired) electrons. The number of anilines is 2. The van der Waals surface area contributed by atoms with E-state index in [9.17, 15) is 0 Å². The van der Waals surface area contributed by atoms with Crippen molar-refractivity contribution in [2.75, 3.05) is 51.0 Å². The number of nitrogens with zero attached hydrogens (tertiary/aromatic N) is 4. The number of hydrogen-bond donors (Lipinski definition) is 2. The zero-order valence-corrected chi connectivity index (χ0v) is 11.2. The summed E-state index contributed by atoms with van der Waals surface area (Å²) in [5.74, 6) is 0.898. The Morgan fingerprint density at radius 1 is 1.39 bits per heavy atom. The number of hydrogen-bond acceptors (Lipinski definition) is 7. The minimum atomic E-state index is 0.136. The molecule has 1 saturated heterocycles. The molecular formula is C10H17ClN6O. The third-order valence-electron chi connectivity index (χ3n) is 2.66. The van der Waals surface area contributed by atoms with E-state index in [1.165, 1.54) is 0 Å². The summed E-state index contributed by atoms with van der Waals surface area (Å²) >= 11 is 5.79. The fourth-order valence-corrected chi connectivity index (χ4v) is 1.90. The fraction of sp³-hybridized carbons (Fsp3) is 0.700. The fourth-order valence-electron chi connectivity index (χ4n) is 1.74. The minimum Gasteiger partial charge on any atom is -0.374 e. The standard InChI is InChI=1S/C10H17ClN6O/c1-12-9-14-8(11)15-10(16-9)13-5-7-6-17(2)3-4-18-7/h7H,3-6H2,1-2H3,(H2,12,13,14,15,16). The van der Waals surface area contributed by atoms with Crippen LogP contribution in [0.15, 0.2) is 0 Å². The molecule has 18 heavy (non-hydrogen) atoms. The van der Waals surface area contributed by atoms with Crippen molar-refractivity contribution in [3.05, 3.63) is 5.28 Å². The van der Waals surface area contributed by atoms with Gasteiger partial charge in [0.15, 0.2) is 0 Å². The van der Waals surface area contributed by atoms with Crippen LogP contribution in [0.5, 0.6) is 0 Å². The smallest absolute Gasteiger partial charge is 0.228 e. The summed E-state index contributed by atoms with van der Waals surface area (Å²) in [7, 11) is 3.81. The Morgan fingerprint density at radius 2 is 2.17 bits per heavy atom. The number of rotatable bonds is 4. The van der Waals surface area contributed by atoms with E-state index in [0.29, 0.717) is 18.4 Å². The summed E-state index contributed by atoms with van der Waals surface area (Å²) in [6.45, 7) is 3.26. The van der Waals surface area contributed by atoms with Gasteiger partial charge in [-0.25, -0.2) is 0 Å². The summed E-state index contributed by atoms with van der Waals surface area (Å²) in [6.07, 6.45) is 0.136. The van der Waals surface area contributed by atoms with Gasteiger partial charge < -0.3 is 20.3 Å². The van der Waals surface area contributed by atoms with Gasteiger partial charge in [0.1, 0.15) is 0 Å². The first-order valence-corrected chi connectivity index (χ1v) is 6.18. The Bertz CT molecular complexity index is 404. The van der Waals surface area contributed by atoms with Crippen LogP contribution in [0.4, 0.5) is 11.9 Å². The monoisotopic (exact) mass is 272 g/mol. The second-order valence-electron chi connectivity index (χ2n) is 4.14. The molecule has 2 N–H and O–H groups in total. The van der Waals surface area contributed by atoms with E-state index in [4.69, 9.17) is 16.3 Å². The molecule has 1 aliphatic rings. The van der Waals surface area contributed by atoms with Crippen molar-refractivity contribution in [2.24, 2.45) is 0 Å². The Kier molecular flexibility index (Phi) is 4.51. The van der Waals surface area contributed by atoms with E-state index in [-0.39, 0.29) is 11.4 Å². The van der Waals surface area contributed by atoms with Crippen molar-refractivity contribution in [3.63, 3.8) is 0 Å². The second-order valence-corrected chi connectivity index (χ2v) is 4.48. The molecule has 1 fully saturated rings. The molecule has 7 nitrogen and oxygen atoms in total. The number of ether oxygens (including phenoxy) is 1. The molecule has 1 atom stereocenters. The van der Waals surface area contributed by atoms with Gasteiger partial charge in [-0.3, -0.25) is 0 Å². The summed E-state index contributed by atoms with van der Waals surface area (Å²) < 4.78 is 5.63. The number of likely N-dealkylation sites (N-methyl/N-ethyl adjacent to an activating group) is 1. The number of nitrogens with one attached hydrogen (secondary N) is 2. The van der Waals surface area contributed by atoms with Gasteiger partial charge in [-0.15, -0.1) is 0 Å². The molecule has 1 aliphatic heterocycles. The summed E-state index contributed by atoms with van der Waals surface area (Å²) in [5.41, 5.74) is 0. The molecular weight excluding hydrogens is 256 g/mol. The van der Waals surface area contributed by atoms with Crippen LogP contribution in [0, 0.1) is 0 Å². The highest BCUT2D eigenvalue weighted by Gasteiger charge is 2.17. The van der Waals surface area contributed by atoms with Crippen molar-refractivity contribution >= 4 is 23.5 Å². The van der Waals surface area contributed by atoms with E-state index in [1.807, 2.05) is 0 Å². The zero-order valence-electron chi connectivity index (χ0n) is 10.5. The largest absolute Gasteiger partial charge is 0.374 e. The molecule has 100 valence electrons. The maximum absolute atomic E-state index is 5.79. The molecule has 0 bridgehead atoms. The Morgan fingerprint density at radius 3 is 2.89 bits per heavy atom. The van der Waals surface area contributed by atoms with Crippen molar-refractivity contribution in [1.82, 2.24) is 19.9 Å². The van der Waals surface area contributed by atoms with Crippen LogP contribution in [-0.4, -0.2) is 66.3 Å². The SMILES string of the molecule is CNc1nc(Cl)nc(NCC2CN(C)CCO2)n1. The maximum atomic E-state index is 5.79. The van der Waals surface area contributed by atoms with Crippen LogP contribution in [0.3, 0.4) is 0 Å². The number of aromatic nitrogens is 3. The molecule has 0 spiro atoms. The Labute approximate surface area is 111 Å². The maximum Gasteiger partial charge on any atom is 0.228 e. The predicted molar refractivity (Wildman–Crippen MR) is 70.1 cm³/mol. The van der Waals surface area contributed by atoms with E-state index in [0.717, 1.165) is 19.7 Å². The van der Waals surface area contributed by atoms with Crippen LogP contribution in [0.25, 0.3) is 0 Å². The minimum absolute atomic E-state index is 0.136. The lowest BCUT2D eigenvalue weighted by Gasteiger charge is -2.30. The van der Waals surface area contributed by atoms with Crippen LogP contribution >= 0.6 is 11.6 Å². The average Bonchev–Trinajstić information content (AvgIpc) is 2.36. The molecule has 1 aromatic heterocycles. The van der Waals surface area contributed by atoms with Crippen LogP contribution < -0.4 is 10.6 Å². The first-order chi connectivity index (χ1) is 8.67. The van der Waals surface area contributed by atoms with Gasteiger partial charge in [-0.2, -0.15) is 15.0 Å². The van der Waals surface area contributed by atoms with Gasteiger partial charge in [-0.05, 0) is 18.6 Å². The Balaban J connectivity index is 1.91. The number of morpholine rings is 1. The van der Waals surface area contributed by atoms with Gasteiger partial charge in [0.2, 0.25) is 17.2 Å². The lowest BCUT2D eigenvalue weighted by Crippen LogP contribution is -2.43. The van der Waals surface area contributed by atoms with Gasteiger partial charge in [0.05, 0.1) is 12.7 Å². The predicted octanol–water partition coefficient (Wildman–Crippen LogP) is 0.309. The molecule has 2 rings (SSSR count). The van der Waals surface area contributed by atoms with E-state index < -0.39 is 0 Å². The molecule has 1 aromatic rings. The highest BCUT2D eigenvalue weighted by Crippen LogP contribution is 2.10. The van der Waals surface area contributed by atoms with Crippen LogP contribution in [0.1, 0.15) is 0 Å². The van der Waals surface area contributed by atoms with Gasteiger partial charge in [0.25, 0.3) is 0 Å². The average molecular weight is 273 g/mol. The third-order valence-corrected chi connectivity index (χ3v) is 2.83. The summed E-state index contributed by atoms with van der Waals surface area (Å²) in [5, 5.41) is 6.10. The quantitative estimate of drug-likeness (QED) is 0.817. The van der Waals surface area contributed by atoms with Gasteiger partial charge in [-0.1, -0.05) is 0 Å². The van der Waals surface area contributed by atoms with Crippen LogP contribution in [-0.2, 0) is 4.74 Å². The molecule has 1 unspecified atom stereocenters. The van der Waals surface area contributed by atoms with E-state index in [1.54, 1.807) is 7.05 Å².